The summed E-state index contributed by atoms with van der Waals surface area (Å²) < 4.78 is 5.32. The molecule has 1 N–H and O–H groups in total. The normalized spacial score (nSPS) is 34.9. The van der Waals surface area contributed by atoms with E-state index in [0.29, 0.717) is 5.92 Å². The highest BCUT2D eigenvalue weighted by molar-refractivity contribution is 5.16. The van der Waals surface area contributed by atoms with Crippen LogP contribution in [0.3, 0.4) is 0 Å². The Balaban J connectivity index is 2.77. The number of hydrogen-bond acceptors (Lipinski definition) is 2. The number of hydrogen-bond donors (Lipinski definition) is 1. The number of allylic oxidation sites excluding steroid dienone is 1. The molecule has 13 heavy (non-hydrogen) atoms. The minimum Gasteiger partial charge on any atom is -0.386 e. The van der Waals surface area contributed by atoms with Crippen LogP contribution in [0.25, 0.3) is 0 Å². The van der Waals surface area contributed by atoms with E-state index in [1.807, 2.05) is 13.0 Å². The van der Waals surface area contributed by atoms with E-state index in [1.165, 1.54) is 5.57 Å². The van der Waals surface area contributed by atoms with Crippen molar-refractivity contribution in [2.24, 2.45) is 5.92 Å². The van der Waals surface area contributed by atoms with Crippen LogP contribution in [0.1, 0.15) is 33.6 Å². The Morgan fingerprint density at radius 2 is 2.23 bits per heavy atom. The Morgan fingerprint density at radius 3 is 2.62 bits per heavy atom. The second-order valence-electron chi connectivity index (χ2n) is 4.36. The Bertz CT molecular complexity index is 208. The van der Waals surface area contributed by atoms with E-state index in [4.69, 9.17) is 4.74 Å². The molecule has 0 aromatic rings. The molecule has 2 nitrogen and oxygen atoms in total. The lowest BCUT2D eigenvalue weighted by Gasteiger charge is -2.36. The van der Waals surface area contributed by atoms with Crippen LogP contribution in [0.5, 0.6) is 0 Å². The lowest BCUT2D eigenvalue weighted by atomic mass is 9.81. The highest BCUT2D eigenvalue weighted by Gasteiger charge is 2.35. The molecular formula is C11H20O2. The molecule has 0 aromatic carbocycles. The van der Waals surface area contributed by atoms with Gasteiger partial charge in [-0.05, 0) is 25.7 Å². The molecule has 1 aliphatic rings. The van der Waals surface area contributed by atoms with Crippen molar-refractivity contribution in [2.75, 3.05) is 7.11 Å². The largest absolute Gasteiger partial charge is 0.386 e. The summed E-state index contributed by atoms with van der Waals surface area (Å²) in [5.41, 5.74) is 0.973. The van der Waals surface area contributed by atoms with Gasteiger partial charge in [0.05, 0.1) is 5.60 Å². The lowest BCUT2D eigenvalue weighted by Crippen LogP contribution is -2.42. The van der Waals surface area contributed by atoms with Crippen molar-refractivity contribution < 1.29 is 9.84 Å². The van der Waals surface area contributed by atoms with Crippen molar-refractivity contribution in [1.29, 1.82) is 0 Å². The summed E-state index contributed by atoms with van der Waals surface area (Å²) in [4.78, 5) is 0. The Labute approximate surface area is 80.6 Å². The van der Waals surface area contributed by atoms with Crippen molar-refractivity contribution >= 4 is 0 Å². The molecule has 0 radical (unpaired) electrons. The van der Waals surface area contributed by atoms with E-state index >= 15 is 0 Å². The Morgan fingerprint density at radius 1 is 1.62 bits per heavy atom. The monoisotopic (exact) mass is 184 g/mol. The van der Waals surface area contributed by atoms with Gasteiger partial charge >= 0.3 is 0 Å². The molecule has 2 atom stereocenters. The van der Waals surface area contributed by atoms with Crippen LogP contribution in [0.2, 0.25) is 0 Å². The van der Waals surface area contributed by atoms with Gasteiger partial charge in [-0.25, -0.2) is 0 Å². The highest BCUT2D eigenvalue weighted by Crippen LogP contribution is 2.32. The summed E-state index contributed by atoms with van der Waals surface area (Å²) in [5.74, 6) is 0.538. The molecule has 0 heterocycles. The average molecular weight is 184 g/mol. The number of rotatable bonds is 2. The van der Waals surface area contributed by atoms with Gasteiger partial charge in [0.2, 0.25) is 0 Å². The predicted molar refractivity (Wildman–Crippen MR) is 53.6 cm³/mol. The van der Waals surface area contributed by atoms with Gasteiger partial charge < -0.3 is 9.84 Å². The number of aliphatic hydroxyl groups is 1. The molecule has 0 aromatic heterocycles. The first-order valence-electron chi connectivity index (χ1n) is 4.93. The van der Waals surface area contributed by atoms with Crippen molar-refractivity contribution in [2.45, 2.75) is 45.3 Å². The third-order valence-electron chi connectivity index (χ3n) is 3.12. The Hall–Kier alpha value is -0.340. The van der Waals surface area contributed by atoms with E-state index in [9.17, 15) is 5.11 Å². The van der Waals surface area contributed by atoms with Gasteiger partial charge in [0.25, 0.3) is 0 Å². The molecule has 0 amide bonds. The van der Waals surface area contributed by atoms with E-state index < -0.39 is 6.10 Å². The van der Waals surface area contributed by atoms with Crippen molar-refractivity contribution in [3.8, 4) is 0 Å². The van der Waals surface area contributed by atoms with Crippen molar-refractivity contribution in [1.82, 2.24) is 0 Å². The first-order chi connectivity index (χ1) is 5.99. The van der Waals surface area contributed by atoms with E-state index in [1.54, 1.807) is 7.11 Å². The van der Waals surface area contributed by atoms with Crippen LogP contribution in [-0.4, -0.2) is 23.9 Å². The first kappa shape index (κ1) is 10.7. The standard InChI is InChI=1S/C11H20O2/c1-8(2)9-5-6-11(3,13-4)10(12)7-9/h7-8,10,12H,5-6H2,1-4H3. The van der Waals surface area contributed by atoms with E-state index in [-0.39, 0.29) is 5.60 Å². The van der Waals surface area contributed by atoms with Crippen LogP contribution in [0.15, 0.2) is 11.6 Å². The van der Waals surface area contributed by atoms with E-state index in [0.717, 1.165) is 12.8 Å². The summed E-state index contributed by atoms with van der Waals surface area (Å²) in [7, 11) is 1.66. The van der Waals surface area contributed by atoms with Crippen LogP contribution in [0, 0.1) is 5.92 Å². The van der Waals surface area contributed by atoms with Crippen molar-refractivity contribution in [3.05, 3.63) is 11.6 Å². The summed E-state index contributed by atoms with van der Waals surface area (Å²) in [6.45, 7) is 6.29. The fourth-order valence-electron chi connectivity index (χ4n) is 1.71. The van der Waals surface area contributed by atoms with Gasteiger partial charge in [-0.1, -0.05) is 25.5 Å². The van der Waals surface area contributed by atoms with Gasteiger partial charge in [-0.3, -0.25) is 0 Å². The predicted octanol–water partition coefficient (Wildman–Crippen LogP) is 2.13. The maximum atomic E-state index is 9.85. The van der Waals surface area contributed by atoms with Crippen LogP contribution < -0.4 is 0 Å². The topological polar surface area (TPSA) is 29.5 Å². The zero-order valence-electron chi connectivity index (χ0n) is 9.00. The molecule has 2 unspecified atom stereocenters. The summed E-state index contributed by atoms with van der Waals surface area (Å²) in [6, 6.07) is 0. The second kappa shape index (κ2) is 3.81. The Kier molecular flexibility index (Phi) is 3.14. The number of methoxy groups -OCH3 is 1. The molecule has 0 saturated heterocycles. The molecule has 0 saturated carbocycles. The maximum absolute atomic E-state index is 9.85. The smallest absolute Gasteiger partial charge is 0.101 e. The number of ether oxygens (including phenoxy) is 1. The molecule has 1 rings (SSSR count). The van der Waals surface area contributed by atoms with Crippen LogP contribution in [-0.2, 0) is 4.74 Å². The lowest BCUT2D eigenvalue weighted by molar-refractivity contribution is -0.0803. The highest BCUT2D eigenvalue weighted by atomic mass is 16.5. The summed E-state index contributed by atoms with van der Waals surface area (Å²) in [6.07, 6.45) is 3.45. The summed E-state index contributed by atoms with van der Waals surface area (Å²) >= 11 is 0. The minimum absolute atomic E-state index is 0.377. The molecular weight excluding hydrogens is 164 g/mol. The number of aliphatic hydroxyl groups excluding tert-OH is 1. The van der Waals surface area contributed by atoms with Crippen LogP contribution in [0.4, 0.5) is 0 Å². The van der Waals surface area contributed by atoms with E-state index in [2.05, 4.69) is 13.8 Å². The second-order valence-corrected chi connectivity index (χ2v) is 4.36. The molecule has 2 heteroatoms. The third-order valence-corrected chi connectivity index (χ3v) is 3.12. The minimum atomic E-state index is -0.455. The SMILES string of the molecule is COC1(C)CCC(C(C)C)=CC1O. The van der Waals surface area contributed by atoms with Gasteiger partial charge in [-0.15, -0.1) is 0 Å². The quantitative estimate of drug-likeness (QED) is 0.666. The molecule has 0 bridgehead atoms. The molecule has 0 fully saturated rings. The molecule has 1 aliphatic carbocycles. The maximum Gasteiger partial charge on any atom is 0.101 e. The average Bonchev–Trinajstić information content (AvgIpc) is 2.09. The molecule has 0 aliphatic heterocycles. The van der Waals surface area contributed by atoms with Gasteiger partial charge in [0.15, 0.2) is 0 Å². The third kappa shape index (κ3) is 2.12. The first-order valence-corrected chi connectivity index (χ1v) is 4.93. The van der Waals surface area contributed by atoms with Gasteiger partial charge in [0, 0.05) is 7.11 Å². The van der Waals surface area contributed by atoms with Gasteiger partial charge in [0.1, 0.15) is 6.10 Å². The van der Waals surface area contributed by atoms with Crippen molar-refractivity contribution in [3.63, 3.8) is 0 Å². The summed E-state index contributed by atoms with van der Waals surface area (Å²) in [5, 5.41) is 9.85. The molecule has 76 valence electrons. The zero-order valence-corrected chi connectivity index (χ0v) is 9.00. The zero-order chi connectivity index (χ0) is 10.1. The molecule has 0 spiro atoms. The fraction of sp³-hybridized carbons (Fsp3) is 0.818. The fourth-order valence-corrected chi connectivity index (χ4v) is 1.71. The van der Waals surface area contributed by atoms with Crippen LogP contribution >= 0.6 is 0 Å². The van der Waals surface area contributed by atoms with Gasteiger partial charge in [-0.2, -0.15) is 0 Å².